The van der Waals surface area contributed by atoms with Gasteiger partial charge in [0.15, 0.2) is 11.5 Å². The first-order valence-corrected chi connectivity index (χ1v) is 6.40. The first kappa shape index (κ1) is 17.0. The summed E-state index contributed by atoms with van der Waals surface area (Å²) in [4.78, 5) is 0. The van der Waals surface area contributed by atoms with Gasteiger partial charge >= 0.3 is 0 Å². The molecule has 0 radical (unpaired) electrons. The zero-order valence-corrected chi connectivity index (χ0v) is 12.5. The van der Waals surface area contributed by atoms with Gasteiger partial charge in [0, 0.05) is 0 Å². The summed E-state index contributed by atoms with van der Waals surface area (Å²) in [5.41, 5.74) is 6.12. The molecule has 20 heavy (non-hydrogen) atoms. The minimum absolute atomic E-state index is 0. The van der Waals surface area contributed by atoms with Gasteiger partial charge < -0.3 is 25.4 Å². The fourth-order valence-corrected chi connectivity index (χ4v) is 2.69. The highest BCUT2D eigenvalue weighted by Crippen LogP contribution is 2.38. The lowest BCUT2D eigenvalue weighted by Gasteiger charge is -2.41. The molecule has 2 rings (SSSR count). The molecule has 3 unspecified atom stereocenters. The number of methoxy groups -OCH3 is 2. The third kappa shape index (κ3) is 2.86. The van der Waals surface area contributed by atoms with Gasteiger partial charge in [-0.3, -0.25) is 0 Å². The van der Waals surface area contributed by atoms with Crippen molar-refractivity contribution in [3.8, 4) is 11.5 Å². The summed E-state index contributed by atoms with van der Waals surface area (Å²) in [6.07, 6.45) is 0.225. The predicted octanol–water partition coefficient (Wildman–Crippen LogP) is 1.19. The maximum Gasteiger partial charge on any atom is 0.161 e. The van der Waals surface area contributed by atoms with Crippen molar-refractivity contribution in [3.63, 3.8) is 0 Å². The van der Waals surface area contributed by atoms with Gasteiger partial charge in [-0.2, -0.15) is 0 Å². The van der Waals surface area contributed by atoms with Crippen molar-refractivity contribution in [1.82, 2.24) is 0 Å². The van der Waals surface area contributed by atoms with Gasteiger partial charge in [0.05, 0.1) is 25.9 Å². The molecule has 1 saturated carbocycles. The summed E-state index contributed by atoms with van der Waals surface area (Å²) in [6, 6.07) is 5.33. The molecular weight excluding hydrogens is 282 g/mol. The Bertz CT molecular complexity index is 457. The molecule has 0 aromatic heterocycles. The normalized spacial score (nSPS) is 29.4. The Kier molecular flexibility index (Phi) is 5.65. The van der Waals surface area contributed by atoms with Gasteiger partial charge in [-0.05, 0) is 37.0 Å². The lowest BCUT2D eigenvalue weighted by molar-refractivity contribution is -0.0596. The third-order valence-corrected chi connectivity index (χ3v) is 3.90. The quantitative estimate of drug-likeness (QED) is 0.781. The second kappa shape index (κ2) is 6.63. The molecule has 114 valence electrons. The fourth-order valence-electron chi connectivity index (χ4n) is 2.69. The molecule has 0 heterocycles. The molecule has 5 nitrogen and oxygen atoms in total. The van der Waals surface area contributed by atoms with E-state index >= 15 is 0 Å². The highest BCUT2D eigenvalue weighted by Gasteiger charge is 2.43. The molecule has 0 bridgehead atoms. The Morgan fingerprint density at radius 1 is 1.20 bits per heavy atom. The smallest absolute Gasteiger partial charge is 0.161 e. The van der Waals surface area contributed by atoms with Gasteiger partial charge in [-0.25, -0.2) is 0 Å². The number of hydrogen-bond acceptors (Lipinski definition) is 5. The summed E-state index contributed by atoms with van der Waals surface area (Å²) < 4.78 is 10.4. The molecule has 3 atom stereocenters. The molecule has 0 aliphatic heterocycles. The van der Waals surface area contributed by atoms with Gasteiger partial charge in [-0.15, -0.1) is 12.4 Å². The molecule has 1 aliphatic carbocycles. The summed E-state index contributed by atoms with van der Waals surface area (Å²) in [5, 5.41) is 20.0. The zero-order chi connectivity index (χ0) is 14.0. The number of nitrogens with two attached hydrogens (primary N) is 1. The van der Waals surface area contributed by atoms with Gasteiger partial charge in [0.25, 0.3) is 0 Å². The minimum Gasteiger partial charge on any atom is -0.493 e. The van der Waals surface area contributed by atoms with Crippen LogP contribution in [0.25, 0.3) is 0 Å². The lowest BCUT2D eigenvalue weighted by atomic mass is 9.74. The average Bonchev–Trinajstić information content (AvgIpc) is 2.43. The molecule has 0 saturated heterocycles. The van der Waals surface area contributed by atoms with E-state index in [2.05, 4.69) is 0 Å². The van der Waals surface area contributed by atoms with Crippen LogP contribution in [0, 0.1) is 0 Å². The first-order chi connectivity index (χ1) is 9.02. The SMILES string of the molecule is COc1ccc(C2(N)CCCC(O)C2O)cc1OC.Cl. The van der Waals surface area contributed by atoms with Crippen LogP contribution in [0.5, 0.6) is 11.5 Å². The van der Waals surface area contributed by atoms with Crippen molar-refractivity contribution < 1.29 is 19.7 Å². The number of ether oxygens (including phenoxy) is 2. The molecule has 6 heteroatoms. The molecule has 1 fully saturated rings. The molecule has 0 spiro atoms. The third-order valence-electron chi connectivity index (χ3n) is 3.90. The summed E-state index contributed by atoms with van der Waals surface area (Å²) in [7, 11) is 3.12. The van der Waals surface area contributed by atoms with Crippen LogP contribution in [0.3, 0.4) is 0 Å². The maximum absolute atomic E-state index is 10.2. The largest absolute Gasteiger partial charge is 0.493 e. The summed E-state index contributed by atoms with van der Waals surface area (Å²) >= 11 is 0. The van der Waals surface area contributed by atoms with Crippen LogP contribution >= 0.6 is 12.4 Å². The van der Waals surface area contributed by atoms with Crippen LogP contribution in [-0.4, -0.2) is 36.6 Å². The van der Waals surface area contributed by atoms with Crippen molar-refractivity contribution in [2.45, 2.75) is 37.0 Å². The maximum atomic E-state index is 10.2. The fraction of sp³-hybridized carbons (Fsp3) is 0.571. The van der Waals surface area contributed by atoms with Crippen molar-refractivity contribution in [1.29, 1.82) is 0 Å². The van der Waals surface area contributed by atoms with Crippen LogP contribution in [0.2, 0.25) is 0 Å². The topological polar surface area (TPSA) is 84.9 Å². The first-order valence-electron chi connectivity index (χ1n) is 6.40. The predicted molar refractivity (Wildman–Crippen MR) is 78.5 cm³/mol. The molecule has 0 amide bonds. The monoisotopic (exact) mass is 303 g/mol. The van der Waals surface area contributed by atoms with Crippen molar-refractivity contribution in [3.05, 3.63) is 23.8 Å². The zero-order valence-electron chi connectivity index (χ0n) is 11.7. The molecule has 1 aromatic carbocycles. The van der Waals surface area contributed by atoms with Crippen LogP contribution in [-0.2, 0) is 5.54 Å². The standard InChI is InChI=1S/C14H21NO4.ClH/c1-18-11-6-5-9(8-12(11)19-2)14(15)7-3-4-10(16)13(14)17;/h5-6,8,10,13,16-17H,3-4,7,15H2,1-2H3;1H. The second-order valence-electron chi connectivity index (χ2n) is 5.01. The highest BCUT2D eigenvalue weighted by atomic mass is 35.5. The molecular formula is C14H22ClNO4. The Morgan fingerprint density at radius 2 is 1.85 bits per heavy atom. The van der Waals surface area contributed by atoms with Crippen LogP contribution in [0.4, 0.5) is 0 Å². The van der Waals surface area contributed by atoms with E-state index in [-0.39, 0.29) is 12.4 Å². The van der Waals surface area contributed by atoms with E-state index in [4.69, 9.17) is 15.2 Å². The molecule has 1 aliphatic rings. The van der Waals surface area contributed by atoms with Crippen LogP contribution < -0.4 is 15.2 Å². The lowest BCUT2D eigenvalue weighted by Crippen LogP contribution is -2.55. The van der Waals surface area contributed by atoms with Crippen LogP contribution in [0.15, 0.2) is 18.2 Å². The number of rotatable bonds is 3. The van der Waals surface area contributed by atoms with E-state index in [0.717, 1.165) is 12.0 Å². The van der Waals surface area contributed by atoms with E-state index in [1.54, 1.807) is 26.4 Å². The van der Waals surface area contributed by atoms with Gasteiger partial charge in [0.1, 0.15) is 6.10 Å². The van der Waals surface area contributed by atoms with E-state index in [1.165, 1.54) is 0 Å². The molecule has 1 aromatic rings. The summed E-state index contributed by atoms with van der Waals surface area (Å²) in [5.74, 6) is 1.18. The van der Waals surface area contributed by atoms with Crippen LogP contribution in [0.1, 0.15) is 24.8 Å². The minimum atomic E-state index is -0.973. The average molecular weight is 304 g/mol. The van der Waals surface area contributed by atoms with E-state index in [1.807, 2.05) is 6.07 Å². The van der Waals surface area contributed by atoms with E-state index in [0.29, 0.717) is 24.3 Å². The van der Waals surface area contributed by atoms with Crippen molar-refractivity contribution >= 4 is 12.4 Å². The highest BCUT2D eigenvalue weighted by molar-refractivity contribution is 5.85. The molecule has 4 N–H and O–H groups in total. The van der Waals surface area contributed by atoms with Gasteiger partial charge in [-0.1, -0.05) is 6.07 Å². The van der Waals surface area contributed by atoms with E-state index in [9.17, 15) is 10.2 Å². The Labute approximate surface area is 125 Å². The number of hydrogen-bond donors (Lipinski definition) is 3. The Morgan fingerprint density at radius 3 is 2.45 bits per heavy atom. The Balaban J connectivity index is 0.00000200. The van der Waals surface area contributed by atoms with Crippen molar-refractivity contribution in [2.24, 2.45) is 5.73 Å². The van der Waals surface area contributed by atoms with Gasteiger partial charge in [0.2, 0.25) is 0 Å². The van der Waals surface area contributed by atoms with Crippen molar-refractivity contribution in [2.75, 3.05) is 14.2 Å². The number of aliphatic hydroxyl groups excluding tert-OH is 2. The summed E-state index contributed by atoms with van der Waals surface area (Å²) in [6.45, 7) is 0. The number of aliphatic hydroxyl groups is 2. The number of benzene rings is 1. The second-order valence-corrected chi connectivity index (χ2v) is 5.01. The van der Waals surface area contributed by atoms with E-state index < -0.39 is 17.7 Å². The Hall–Kier alpha value is -1.01. The number of halogens is 1.